The van der Waals surface area contributed by atoms with Crippen molar-refractivity contribution in [1.82, 2.24) is 0 Å². The Balaban J connectivity index is 2.35. The molecule has 0 fully saturated rings. The molecule has 1 aliphatic heterocycles. The Bertz CT molecular complexity index is 624. The molecule has 0 spiro atoms. The first-order chi connectivity index (χ1) is 8.30. The van der Waals surface area contributed by atoms with Gasteiger partial charge in [-0.05, 0) is 31.2 Å². The number of hydrogen-bond donors (Lipinski definition) is 1. The molecule has 6 nitrogen and oxygen atoms in total. The molecule has 0 radical (unpaired) electrons. The van der Waals surface area contributed by atoms with Crippen molar-refractivity contribution in [3.63, 3.8) is 0 Å². The monoisotopic (exact) mass is 380 g/mol. The van der Waals surface area contributed by atoms with Crippen LogP contribution in [0.4, 0.5) is 5.69 Å². The molecule has 0 aliphatic carbocycles. The number of halogens is 1. The van der Waals surface area contributed by atoms with E-state index in [4.69, 9.17) is 4.55 Å². The molecule has 0 saturated heterocycles. The number of rotatable bonds is 2. The van der Waals surface area contributed by atoms with Crippen LogP contribution in [0, 0.1) is 0 Å². The Morgan fingerprint density at radius 3 is 2.28 bits per heavy atom. The molecule has 1 amide bonds. The summed E-state index contributed by atoms with van der Waals surface area (Å²) in [4.78, 5) is 11.6. The number of hydrazone groups is 1. The quantitative estimate of drug-likeness (QED) is 0.478. The molecular weight excluding hydrogens is 371 g/mol. The van der Waals surface area contributed by atoms with Crippen LogP contribution in [0.5, 0.6) is 0 Å². The number of alkyl halides is 1. The predicted molar refractivity (Wildman–Crippen MR) is 74.7 cm³/mol. The van der Waals surface area contributed by atoms with Gasteiger partial charge in [-0.25, -0.2) is 0 Å². The van der Waals surface area contributed by atoms with Gasteiger partial charge in [0.15, 0.2) is 0 Å². The van der Waals surface area contributed by atoms with E-state index >= 15 is 0 Å². The van der Waals surface area contributed by atoms with Gasteiger partial charge in [0, 0.05) is 0 Å². The van der Waals surface area contributed by atoms with Gasteiger partial charge in [-0.3, -0.25) is 9.35 Å². The van der Waals surface area contributed by atoms with Crippen molar-refractivity contribution in [1.29, 1.82) is 0 Å². The van der Waals surface area contributed by atoms with Crippen molar-refractivity contribution in [3.05, 3.63) is 24.3 Å². The summed E-state index contributed by atoms with van der Waals surface area (Å²) in [5.74, 6) is -0.173. The molecule has 0 bridgehead atoms. The van der Waals surface area contributed by atoms with Crippen LogP contribution >= 0.6 is 22.6 Å². The zero-order valence-electron chi connectivity index (χ0n) is 9.24. The van der Waals surface area contributed by atoms with Crippen LogP contribution in [0.2, 0.25) is 0 Å². The van der Waals surface area contributed by atoms with Crippen molar-refractivity contribution in [2.24, 2.45) is 5.10 Å². The van der Waals surface area contributed by atoms with E-state index in [1.165, 1.54) is 29.3 Å². The van der Waals surface area contributed by atoms with Crippen LogP contribution in [0.1, 0.15) is 6.92 Å². The van der Waals surface area contributed by atoms with E-state index < -0.39 is 10.1 Å². The first-order valence-corrected chi connectivity index (χ1v) is 7.60. The summed E-state index contributed by atoms with van der Waals surface area (Å²) >= 11 is 1.99. The minimum Gasteiger partial charge on any atom is -0.282 e. The van der Waals surface area contributed by atoms with E-state index in [0.29, 0.717) is 11.4 Å². The van der Waals surface area contributed by atoms with E-state index in [1.54, 1.807) is 6.92 Å². The van der Waals surface area contributed by atoms with Gasteiger partial charge < -0.3 is 0 Å². The van der Waals surface area contributed by atoms with Crippen molar-refractivity contribution in [2.75, 3.05) is 5.01 Å². The lowest BCUT2D eigenvalue weighted by Gasteiger charge is -2.12. The summed E-state index contributed by atoms with van der Waals surface area (Å²) < 4.78 is 30.3. The molecule has 18 heavy (non-hydrogen) atoms. The Kier molecular flexibility index (Phi) is 3.43. The van der Waals surface area contributed by atoms with E-state index in [2.05, 4.69) is 5.10 Å². The number of nitrogens with zero attached hydrogens (tertiary/aromatic N) is 2. The maximum absolute atomic E-state index is 11.8. The molecule has 1 aromatic carbocycles. The summed E-state index contributed by atoms with van der Waals surface area (Å²) in [6, 6.07) is 5.30. The van der Waals surface area contributed by atoms with Gasteiger partial charge in [-0.2, -0.15) is 18.5 Å². The third kappa shape index (κ3) is 2.40. The topological polar surface area (TPSA) is 87.0 Å². The second-order valence-corrected chi connectivity index (χ2v) is 6.39. The van der Waals surface area contributed by atoms with Crippen LogP contribution < -0.4 is 5.01 Å². The number of anilines is 1. The van der Waals surface area contributed by atoms with Crippen LogP contribution in [-0.2, 0) is 14.9 Å². The first kappa shape index (κ1) is 13.4. The minimum atomic E-state index is -4.22. The number of carbonyl (C=O) groups is 1. The number of amides is 1. The molecule has 1 aliphatic rings. The summed E-state index contributed by atoms with van der Waals surface area (Å²) in [6.07, 6.45) is 0. The van der Waals surface area contributed by atoms with Crippen LogP contribution in [0.25, 0.3) is 0 Å². The van der Waals surface area contributed by atoms with Gasteiger partial charge in [-0.15, -0.1) is 0 Å². The number of hydrogen-bond acceptors (Lipinski definition) is 4. The summed E-state index contributed by atoms with van der Waals surface area (Å²) in [6.45, 7) is 1.75. The fraction of sp³-hybridized carbons (Fsp3) is 0.200. The third-order valence-electron chi connectivity index (χ3n) is 2.43. The van der Waals surface area contributed by atoms with Gasteiger partial charge >= 0.3 is 0 Å². The second kappa shape index (κ2) is 4.59. The van der Waals surface area contributed by atoms with E-state index in [1.807, 2.05) is 22.6 Å². The highest BCUT2D eigenvalue weighted by atomic mass is 127. The number of benzene rings is 1. The van der Waals surface area contributed by atoms with Crippen LogP contribution in [0.3, 0.4) is 0 Å². The fourth-order valence-corrected chi connectivity index (χ4v) is 2.36. The lowest BCUT2D eigenvalue weighted by atomic mass is 10.3. The molecular formula is C10H9IN2O4S. The van der Waals surface area contributed by atoms with E-state index in [-0.39, 0.29) is 14.7 Å². The van der Waals surface area contributed by atoms with Gasteiger partial charge in [0.05, 0.1) is 16.3 Å². The molecule has 1 aromatic rings. The first-order valence-electron chi connectivity index (χ1n) is 4.91. The van der Waals surface area contributed by atoms with Crippen molar-refractivity contribution in [2.45, 2.75) is 15.7 Å². The highest BCUT2D eigenvalue weighted by Gasteiger charge is 2.32. The molecule has 2 rings (SSSR count). The molecule has 8 heteroatoms. The average molecular weight is 380 g/mol. The predicted octanol–water partition coefficient (Wildman–Crippen LogP) is 1.46. The Morgan fingerprint density at radius 2 is 1.89 bits per heavy atom. The Morgan fingerprint density at radius 1 is 1.33 bits per heavy atom. The summed E-state index contributed by atoms with van der Waals surface area (Å²) in [5, 5.41) is 5.32. The Labute approximate surface area is 118 Å². The number of carbonyl (C=O) groups excluding carboxylic acids is 1. The van der Waals surface area contributed by atoms with Gasteiger partial charge in [0.25, 0.3) is 16.0 Å². The van der Waals surface area contributed by atoms with Crippen molar-refractivity contribution < 1.29 is 17.8 Å². The van der Waals surface area contributed by atoms with Crippen molar-refractivity contribution in [3.8, 4) is 0 Å². The fourth-order valence-electron chi connectivity index (χ4n) is 1.49. The molecule has 1 heterocycles. The lowest BCUT2D eigenvalue weighted by Crippen LogP contribution is -2.26. The van der Waals surface area contributed by atoms with Crippen molar-refractivity contribution >= 4 is 50.0 Å². The third-order valence-corrected chi connectivity index (χ3v) is 4.73. The SMILES string of the molecule is CC1=NN(c2ccc(S(=O)(=O)O)cc2)C(=O)C1I. The zero-order valence-corrected chi connectivity index (χ0v) is 12.2. The lowest BCUT2D eigenvalue weighted by molar-refractivity contribution is -0.116. The minimum absolute atomic E-state index is 0.173. The molecule has 1 unspecified atom stereocenters. The molecule has 1 N–H and O–H groups in total. The maximum atomic E-state index is 11.8. The highest BCUT2D eigenvalue weighted by molar-refractivity contribution is 14.1. The Hall–Kier alpha value is -1.000. The van der Waals surface area contributed by atoms with E-state index in [9.17, 15) is 13.2 Å². The van der Waals surface area contributed by atoms with Crippen LogP contribution in [0.15, 0.2) is 34.3 Å². The van der Waals surface area contributed by atoms with Gasteiger partial charge in [0.2, 0.25) is 0 Å². The standard InChI is InChI=1S/C10H9IN2O4S/c1-6-9(11)10(14)13(12-6)7-2-4-8(5-3-7)18(15,16)17/h2-5,9H,1H3,(H,15,16,17). The normalized spacial score (nSPS) is 20.2. The largest absolute Gasteiger partial charge is 0.294 e. The second-order valence-electron chi connectivity index (χ2n) is 3.72. The maximum Gasteiger partial charge on any atom is 0.294 e. The van der Waals surface area contributed by atoms with Gasteiger partial charge in [-0.1, -0.05) is 22.6 Å². The smallest absolute Gasteiger partial charge is 0.282 e. The molecule has 0 aromatic heterocycles. The molecule has 96 valence electrons. The highest BCUT2D eigenvalue weighted by Crippen LogP contribution is 2.25. The average Bonchev–Trinajstić information content (AvgIpc) is 2.56. The van der Waals surface area contributed by atoms with Gasteiger partial charge in [0.1, 0.15) is 3.92 Å². The summed E-state index contributed by atoms with van der Waals surface area (Å²) in [5.41, 5.74) is 1.16. The van der Waals surface area contributed by atoms with Crippen LogP contribution in [-0.4, -0.2) is 28.5 Å². The summed E-state index contributed by atoms with van der Waals surface area (Å²) in [7, 11) is -4.22. The molecule has 0 saturated carbocycles. The molecule has 1 atom stereocenters. The zero-order chi connectivity index (χ0) is 13.5. The van der Waals surface area contributed by atoms with E-state index in [0.717, 1.165) is 0 Å².